The van der Waals surface area contributed by atoms with Gasteiger partial charge in [-0.15, -0.1) is 0 Å². The number of ether oxygens (including phenoxy) is 2. The minimum absolute atomic E-state index is 0.755. The van der Waals surface area contributed by atoms with Crippen LogP contribution < -0.4 is 19.3 Å². The van der Waals surface area contributed by atoms with Crippen molar-refractivity contribution in [1.29, 1.82) is 0 Å². The van der Waals surface area contributed by atoms with Crippen molar-refractivity contribution in [2.75, 3.05) is 43.1 Å². The fourth-order valence-corrected chi connectivity index (χ4v) is 5.82. The number of nitrogens with zero attached hydrogens (tertiary/aromatic N) is 3. The van der Waals surface area contributed by atoms with Gasteiger partial charge in [0.15, 0.2) is 5.60 Å². The van der Waals surface area contributed by atoms with Gasteiger partial charge in [-0.2, -0.15) is 0 Å². The molecule has 6 nitrogen and oxygen atoms in total. The third kappa shape index (κ3) is 3.54. The summed E-state index contributed by atoms with van der Waals surface area (Å²) in [6, 6.07) is 12.1. The summed E-state index contributed by atoms with van der Waals surface area (Å²) in [6.45, 7) is 14.0. The lowest BCUT2D eigenvalue weighted by Gasteiger charge is -2.40. The summed E-state index contributed by atoms with van der Waals surface area (Å²) in [5, 5.41) is 12.3. The molecule has 5 rings (SSSR count). The van der Waals surface area contributed by atoms with Gasteiger partial charge in [0.2, 0.25) is 0 Å². The molecule has 184 valence electrons. The van der Waals surface area contributed by atoms with Crippen molar-refractivity contribution >= 4 is 11.4 Å². The van der Waals surface area contributed by atoms with Crippen LogP contribution in [0.25, 0.3) is 0 Å². The van der Waals surface area contributed by atoms with Gasteiger partial charge in [0.25, 0.3) is 0 Å². The summed E-state index contributed by atoms with van der Waals surface area (Å²) in [7, 11) is 1.69. The molecule has 1 atom stereocenters. The highest BCUT2D eigenvalue weighted by Crippen LogP contribution is 2.56. The molecule has 1 N–H and O–H groups in total. The Kier molecular flexibility index (Phi) is 5.67. The number of rotatable bonds is 4. The van der Waals surface area contributed by atoms with Crippen molar-refractivity contribution in [3.8, 4) is 11.5 Å². The first kappa shape index (κ1) is 23.5. The third-order valence-corrected chi connectivity index (χ3v) is 7.92. The zero-order chi connectivity index (χ0) is 25.0. The van der Waals surface area contributed by atoms with Crippen molar-refractivity contribution in [3.63, 3.8) is 0 Å². The molecule has 0 aliphatic carbocycles. The first-order chi connectivity index (χ1) is 16.7. The summed E-state index contributed by atoms with van der Waals surface area (Å²) in [5.74, 6) is 1.68. The normalized spacial score (nSPS) is 21.0. The summed E-state index contributed by atoms with van der Waals surface area (Å²) in [4.78, 5) is 9.18. The lowest BCUT2D eigenvalue weighted by atomic mass is 9.74. The Hall–Kier alpha value is -3.25. The fraction of sp³-hybridized carbons (Fsp3) is 0.414. The third-order valence-electron chi connectivity index (χ3n) is 7.92. The molecule has 35 heavy (non-hydrogen) atoms. The molecule has 0 saturated carbocycles. The first-order valence-corrected chi connectivity index (χ1v) is 12.3. The van der Waals surface area contributed by atoms with Crippen LogP contribution in [0.4, 0.5) is 11.4 Å². The molecule has 2 aromatic carbocycles. The smallest absolute Gasteiger partial charge is 0.159 e. The highest BCUT2D eigenvalue weighted by molar-refractivity contribution is 5.73. The molecular weight excluding hydrogens is 438 g/mol. The Labute approximate surface area is 208 Å². The quantitative estimate of drug-likeness (QED) is 0.590. The number of anilines is 2. The largest absolute Gasteiger partial charge is 0.497 e. The molecular formula is C29H35N3O3. The van der Waals surface area contributed by atoms with Crippen LogP contribution in [-0.4, -0.2) is 49.0 Å². The first-order valence-electron chi connectivity index (χ1n) is 12.3. The van der Waals surface area contributed by atoms with Crippen LogP contribution in [0.2, 0.25) is 0 Å². The fourth-order valence-electron chi connectivity index (χ4n) is 5.82. The molecule has 1 fully saturated rings. The Bertz CT molecular complexity index is 1230. The second kappa shape index (κ2) is 8.45. The number of fused-ring (bicyclic) bond motifs is 1. The van der Waals surface area contributed by atoms with E-state index in [9.17, 15) is 5.11 Å². The molecule has 2 aliphatic rings. The predicted octanol–water partition coefficient (Wildman–Crippen LogP) is 4.75. The van der Waals surface area contributed by atoms with Gasteiger partial charge in [0.1, 0.15) is 17.1 Å². The van der Waals surface area contributed by atoms with Gasteiger partial charge in [-0.1, -0.05) is 6.07 Å². The van der Waals surface area contributed by atoms with Gasteiger partial charge in [0, 0.05) is 61.1 Å². The Morgan fingerprint density at radius 1 is 0.914 bits per heavy atom. The van der Waals surface area contributed by atoms with Gasteiger partial charge in [-0.05, 0) is 81.6 Å². The number of aromatic nitrogens is 1. The van der Waals surface area contributed by atoms with Crippen LogP contribution in [0.1, 0.15) is 41.7 Å². The standard InChI is InChI=1S/C29H35N3O3/c1-19-20(2)27-25(29(33,28(4,5)35-27)22-8-7-13-30-18-22)21(3)26(19)32-16-14-31(15-17-32)23-9-11-24(34-6)12-10-23/h7-13,18,33H,14-17H2,1-6H3. The van der Waals surface area contributed by atoms with Gasteiger partial charge in [-0.25, -0.2) is 0 Å². The molecule has 0 spiro atoms. The zero-order valence-corrected chi connectivity index (χ0v) is 21.6. The molecule has 3 aromatic rings. The Morgan fingerprint density at radius 2 is 1.57 bits per heavy atom. The number of piperazine rings is 1. The highest BCUT2D eigenvalue weighted by Gasteiger charge is 2.57. The molecule has 3 heterocycles. The van der Waals surface area contributed by atoms with Crippen molar-refractivity contribution < 1.29 is 14.6 Å². The van der Waals surface area contributed by atoms with Crippen molar-refractivity contribution in [1.82, 2.24) is 4.98 Å². The number of hydrogen-bond donors (Lipinski definition) is 1. The maximum absolute atomic E-state index is 12.3. The van der Waals surface area contributed by atoms with E-state index in [0.29, 0.717) is 0 Å². The van der Waals surface area contributed by atoms with Crippen LogP contribution in [-0.2, 0) is 5.60 Å². The maximum Gasteiger partial charge on any atom is 0.159 e. The van der Waals surface area contributed by atoms with Gasteiger partial charge in [-0.3, -0.25) is 4.98 Å². The average Bonchev–Trinajstić information content (AvgIpc) is 3.10. The minimum atomic E-state index is -1.29. The number of methoxy groups -OCH3 is 1. The van der Waals surface area contributed by atoms with Crippen molar-refractivity contribution in [2.24, 2.45) is 0 Å². The van der Waals surface area contributed by atoms with E-state index in [2.05, 4.69) is 47.7 Å². The van der Waals surface area contributed by atoms with E-state index in [1.54, 1.807) is 19.5 Å². The monoisotopic (exact) mass is 473 g/mol. The van der Waals surface area contributed by atoms with E-state index in [-0.39, 0.29) is 0 Å². The minimum Gasteiger partial charge on any atom is -0.497 e. The number of aliphatic hydroxyl groups is 1. The van der Waals surface area contributed by atoms with E-state index in [1.807, 2.05) is 38.1 Å². The lowest BCUT2D eigenvalue weighted by molar-refractivity contribution is -0.0647. The molecule has 6 heteroatoms. The molecule has 0 bridgehead atoms. The van der Waals surface area contributed by atoms with Crippen LogP contribution >= 0.6 is 0 Å². The molecule has 2 aliphatic heterocycles. The van der Waals surface area contributed by atoms with E-state index < -0.39 is 11.2 Å². The predicted molar refractivity (Wildman–Crippen MR) is 140 cm³/mol. The molecule has 1 aromatic heterocycles. The van der Waals surface area contributed by atoms with E-state index in [1.165, 1.54) is 16.9 Å². The van der Waals surface area contributed by atoms with Gasteiger partial charge >= 0.3 is 0 Å². The summed E-state index contributed by atoms with van der Waals surface area (Å²) in [6.07, 6.45) is 3.49. The van der Waals surface area contributed by atoms with Crippen LogP contribution in [0, 0.1) is 20.8 Å². The average molecular weight is 474 g/mol. The van der Waals surface area contributed by atoms with Gasteiger partial charge in [0.05, 0.1) is 7.11 Å². The zero-order valence-electron chi connectivity index (χ0n) is 21.6. The van der Waals surface area contributed by atoms with Crippen molar-refractivity contribution in [3.05, 3.63) is 76.6 Å². The van der Waals surface area contributed by atoms with Crippen molar-refractivity contribution in [2.45, 2.75) is 45.8 Å². The van der Waals surface area contributed by atoms with E-state index >= 15 is 0 Å². The highest BCUT2D eigenvalue weighted by atomic mass is 16.5. The molecule has 0 radical (unpaired) electrons. The summed E-state index contributed by atoms with van der Waals surface area (Å²) < 4.78 is 11.8. The second-order valence-electron chi connectivity index (χ2n) is 10.2. The van der Waals surface area contributed by atoms with E-state index in [0.717, 1.165) is 59.9 Å². The second-order valence-corrected chi connectivity index (χ2v) is 10.2. The van der Waals surface area contributed by atoms with Crippen LogP contribution in [0.15, 0.2) is 48.8 Å². The Morgan fingerprint density at radius 3 is 2.17 bits per heavy atom. The summed E-state index contributed by atoms with van der Waals surface area (Å²) in [5.41, 5.74) is 5.31. The number of benzene rings is 2. The Balaban J connectivity index is 1.52. The SMILES string of the molecule is COc1ccc(N2CCN(c3c(C)c(C)c4c(c3C)C(O)(c3cccnc3)C(C)(C)O4)CC2)cc1. The summed E-state index contributed by atoms with van der Waals surface area (Å²) >= 11 is 0. The number of hydrogen-bond acceptors (Lipinski definition) is 6. The molecule has 1 saturated heterocycles. The van der Waals surface area contributed by atoms with Crippen LogP contribution in [0.3, 0.4) is 0 Å². The number of pyridine rings is 1. The molecule has 0 amide bonds. The maximum atomic E-state index is 12.3. The van der Waals surface area contributed by atoms with E-state index in [4.69, 9.17) is 9.47 Å². The molecule has 1 unspecified atom stereocenters. The topological polar surface area (TPSA) is 58.1 Å². The lowest BCUT2D eigenvalue weighted by Crippen LogP contribution is -2.48. The van der Waals surface area contributed by atoms with Crippen LogP contribution in [0.5, 0.6) is 11.5 Å². The van der Waals surface area contributed by atoms with Gasteiger partial charge < -0.3 is 24.4 Å².